The average molecular weight is 521 g/mol. The summed E-state index contributed by atoms with van der Waals surface area (Å²) in [7, 11) is -1.28. The SMILES string of the molecule is CC(C)(C)NS(=O)c1ccc(CC(=O)N2CCC(C(O)CC3c4ccccc4-c4cncn43)CC2)cc1. The number of hydrogen-bond donors (Lipinski definition) is 2. The monoisotopic (exact) mass is 520 g/mol. The van der Waals surface area contributed by atoms with Crippen LogP contribution in [-0.2, 0) is 22.2 Å². The topological polar surface area (TPSA) is 87.5 Å². The Morgan fingerprint density at radius 1 is 1.14 bits per heavy atom. The third-order valence-electron chi connectivity index (χ3n) is 7.39. The molecule has 0 saturated carbocycles. The Morgan fingerprint density at radius 3 is 2.54 bits per heavy atom. The molecule has 8 heteroatoms. The van der Waals surface area contributed by atoms with E-state index in [1.165, 1.54) is 11.1 Å². The summed E-state index contributed by atoms with van der Waals surface area (Å²) >= 11 is 0. The van der Waals surface area contributed by atoms with Gasteiger partial charge in [-0.1, -0.05) is 36.4 Å². The molecule has 1 aromatic heterocycles. The maximum Gasteiger partial charge on any atom is 0.226 e. The van der Waals surface area contributed by atoms with Crippen molar-refractivity contribution in [1.82, 2.24) is 19.2 Å². The maximum absolute atomic E-state index is 13.0. The van der Waals surface area contributed by atoms with E-state index in [9.17, 15) is 14.1 Å². The van der Waals surface area contributed by atoms with Crippen molar-refractivity contribution < 1.29 is 14.1 Å². The minimum Gasteiger partial charge on any atom is -0.393 e. The van der Waals surface area contributed by atoms with Crippen LogP contribution in [0.15, 0.2) is 66.0 Å². The molecule has 7 nitrogen and oxygen atoms in total. The van der Waals surface area contributed by atoms with Crippen LogP contribution < -0.4 is 4.72 Å². The molecule has 0 aliphatic carbocycles. The smallest absolute Gasteiger partial charge is 0.226 e. The summed E-state index contributed by atoms with van der Waals surface area (Å²) in [6.45, 7) is 7.25. The number of amides is 1. The predicted molar refractivity (Wildman–Crippen MR) is 145 cm³/mol. The number of rotatable bonds is 7. The molecule has 2 aliphatic rings. The van der Waals surface area contributed by atoms with Gasteiger partial charge in [0, 0.05) is 24.2 Å². The number of benzene rings is 2. The van der Waals surface area contributed by atoms with Crippen LogP contribution in [0.3, 0.4) is 0 Å². The van der Waals surface area contributed by atoms with Gasteiger partial charge in [0.05, 0.1) is 41.7 Å². The van der Waals surface area contributed by atoms with Crippen molar-refractivity contribution in [3.63, 3.8) is 0 Å². The molecule has 2 aromatic carbocycles. The van der Waals surface area contributed by atoms with Crippen LogP contribution in [0.5, 0.6) is 0 Å². The number of carbonyl (C=O) groups is 1. The molecule has 2 N–H and O–H groups in total. The number of aliphatic hydroxyl groups is 1. The van der Waals surface area contributed by atoms with Crippen LogP contribution >= 0.6 is 0 Å². The van der Waals surface area contributed by atoms with E-state index in [0.29, 0.717) is 30.8 Å². The van der Waals surface area contributed by atoms with Crippen LogP contribution in [0.4, 0.5) is 0 Å². The van der Waals surface area contributed by atoms with Crippen molar-refractivity contribution in [1.29, 1.82) is 0 Å². The number of carbonyl (C=O) groups excluding carboxylic acids is 1. The summed E-state index contributed by atoms with van der Waals surface area (Å²) in [6, 6.07) is 15.9. The number of imidazole rings is 1. The standard InChI is InChI=1S/C29H36N4O3S/c1-29(2,3)31-37(36)22-10-8-20(9-11-22)16-28(35)32-14-12-21(13-15-32)27(34)17-25-23-6-4-5-7-24(23)26-18-30-19-33(25)26/h4-11,18-19,21,25,27,31,34H,12-17H2,1-3H3. The molecule has 5 rings (SSSR count). The van der Waals surface area contributed by atoms with Crippen molar-refractivity contribution >= 4 is 16.9 Å². The lowest BCUT2D eigenvalue weighted by Gasteiger charge is -2.35. The van der Waals surface area contributed by atoms with E-state index in [4.69, 9.17) is 0 Å². The molecule has 0 spiro atoms. The first-order chi connectivity index (χ1) is 17.7. The lowest BCUT2D eigenvalue weighted by atomic mass is 9.86. The van der Waals surface area contributed by atoms with Crippen LogP contribution in [0.25, 0.3) is 11.3 Å². The quantitative estimate of drug-likeness (QED) is 0.491. The molecule has 1 fully saturated rings. The Morgan fingerprint density at radius 2 is 1.84 bits per heavy atom. The van der Waals surface area contributed by atoms with Crippen LogP contribution in [0.2, 0.25) is 0 Å². The molecular formula is C29H36N4O3S. The van der Waals surface area contributed by atoms with Gasteiger partial charge in [-0.05, 0) is 69.2 Å². The van der Waals surface area contributed by atoms with E-state index < -0.39 is 17.1 Å². The number of nitrogens with zero attached hydrogens (tertiary/aromatic N) is 3. The highest BCUT2D eigenvalue weighted by molar-refractivity contribution is 7.83. The van der Waals surface area contributed by atoms with E-state index in [2.05, 4.69) is 32.5 Å². The van der Waals surface area contributed by atoms with E-state index in [1.54, 1.807) is 0 Å². The summed E-state index contributed by atoms with van der Waals surface area (Å²) in [5.41, 5.74) is 4.22. The van der Waals surface area contributed by atoms with Crippen molar-refractivity contribution in [2.45, 2.75) is 69.0 Å². The summed E-state index contributed by atoms with van der Waals surface area (Å²) in [4.78, 5) is 19.9. The van der Waals surface area contributed by atoms with E-state index in [0.717, 1.165) is 24.1 Å². The van der Waals surface area contributed by atoms with Gasteiger partial charge in [0.2, 0.25) is 5.91 Å². The summed E-state index contributed by atoms with van der Waals surface area (Å²) in [5, 5.41) is 11.2. The highest BCUT2D eigenvalue weighted by atomic mass is 32.2. The summed E-state index contributed by atoms with van der Waals surface area (Å²) in [5.74, 6) is 0.274. The molecule has 3 unspecified atom stereocenters. The largest absolute Gasteiger partial charge is 0.393 e. The minimum absolute atomic E-state index is 0.0965. The molecule has 3 aromatic rings. The fourth-order valence-corrected chi connectivity index (χ4v) is 6.54. The molecular weight excluding hydrogens is 484 g/mol. The van der Waals surface area contributed by atoms with Crippen LogP contribution in [0, 0.1) is 5.92 Å². The number of piperidine rings is 1. The van der Waals surface area contributed by atoms with Gasteiger partial charge in [-0.3, -0.25) is 4.79 Å². The molecule has 196 valence electrons. The van der Waals surface area contributed by atoms with Gasteiger partial charge in [0.15, 0.2) is 0 Å². The number of hydrogen-bond acceptors (Lipinski definition) is 4. The summed E-state index contributed by atoms with van der Waals surface area (Å²) in [6.07, 6.45) is 5.90. The number of aromatic nitrogens is 2. The second-order valence-corrected chi connectivity index (χ2v) is 12.5. The first kappa shape index (κ1) is 25.8. The molecule has 1 amide bonds. The Labute approximate surface area is 221 Å². The third-order valence-corrected chi connectivity index (χ3v) is 8.89. The molecule has 1 saturated heterocycles. The van der Waals surface area contributed by atoms with Crippen molar-refractivity contribution in [3.05, 3.63) is 72.2 Å². The Bertz CT molecular complexity index is 1270. The van der Waals surface area contributed by atoms with E-state index in [1.807, 2.05) is 68.5 Å². The zero-order valence-corrected chi connectivity index (χ0v) is 22.6. The molecule has 0 bridgehead atoms. The second-order valence-electron chi connectivity index (χ2n) is 11.3. The number of likely N-dealkylation sites (tertiary alicyclic amines) is 1. The van der Waals surface area contributed by atoms with Gasteiger partial charge < -0.3 is 14.6 Å². The highest BCUT2D eigenvalue weighted by Crippen LogP contribution is 2.42. The van der Waals surface area contributed by atoms with E-state index >= 15 is 0 Å². The minimum atomic E-state index is -1.28. The number of aliphatic hydroxyl groups excluding tert-OH is 1. The van der Waals surface area contributed by atoms with Crippen LogP contribution in [-0.4, -0.2) is 54.4 Å². The predicted octanol–water partition coefficient (Wildman–Crippen LogP) is 4.10. The maximum atomic E-state index is 13.0. The summed E-state index contributed by atoms with van der Waals surface area (Å²) < 4.78 is 17.7. The van der Waals surface area contributed by atoms with Gasteiger partial charge in [0.1, 0.15) is 11.0 Å². The molecule has 3 atom stereocenters. The van der Waals surface area contributed by atoms with Crippen molar-refractivity contribution in [2.75, 3.05) is 13.1 Å². The zero-order valence-electron chi connectivity index (χ0n) is 21.8. The number of fused-ring (bicyclic) bond motifs is 3. The fourth-order valence-electron chi connectivity index (χ4n) is 5.48. The Kier molecular flexibility index (Phi) is 7.34. The van der Waals surface area contributed by atoms with Gasteiger partial charge in [-0.25, -0.2) is 13.9 Å². The first-order valence-electron chi connectivity index (χ1n) is 13.0. The van der Waals surface area contributed by atoms with E-state index in [-0.39, 0.29) is 23.4 Å². The average Bonchev–Trinajstić information content (AvgIpc) is 3.46. The lowest BCUT2D eigenvalue weighted by Crippen LogP contribution is -2.42. The third kappa shape index (κ3) is 5.71. The lowest BCUT2D eigenvalue weighted by molar-refractivity contribution is -0.132. The highest BCUT2D eigenvalue weighted by Gasteiger charge is 2.34. The molecule has 3 heterocycles. The molecule has 2 aliphatic heterocycles. The molecule has 37 heavy (non-hydrogen) atoms. The zero-order chi connectivity index (χ0) is 26.2. The van der Waals surface area contributed by atoms with Gasteiger partial charge >= 0.3 is 0 Å². The fraction of sp³-hybridized carbons (Fsp3) is 0.448. The van der Waals surface area contributed by atoms with Gasteiger partial charge in [0.25, 0.3) is 0 Å². The second kappa shape index (κ2) is 10.5. The Hall–Kier alpha value is -2.81. The molecule has 0 radical (unpaired) electrons. The Balaban J connectivity index is 1.13. The van der Waals surface area contributed by atoms with Gasteiger partial charge in [-0.15, -0.1) is 0 Å². The van der Waals surface area contributed by atoms with Crippen molar-refractivity contribution in [3.8, 4) is 11.3 Å². The van der Waals surface area contributed by atoms with Crippen LogP contribution in [0.1, 0.15) is 57.2 Å². The number of nitrogens with one attached hydrogen (secondary N) is 1. The van der Waals surface area contributed by atoms with Gasteiger partial charge in [-0.2, -0.15) is 0 Å². The first-order valence-corrected chi connectivity index (χ1v) is 14.2. The van der Waals surface area contributed by atoms with Crippen molar-refractivity contribution in [2.24, 2.45) is 5.92 Å². The normalized spacial score (nSPS) is 19.4.